The van der Waals surface area contributed by atoms with E-state index < -0.39 is 18.2 Å². The summed E-state index contributed by atoms with van der Waals surface area (Å²) in [4.78, 5) is 26.1. The molecule has 0 aliphatic carbocycles. The zero-order valence-electron chi connectivity index (χ0n) is 40.9. The molecule has 0 saturated carbocycles. The first-order valence-corrected chi connectivity index (χ1v) is 26.1. The summed E-state index contributed by atoms with van der Waals surface area (Å²) in [6, 6.07) is -0.725. The SMILES string of the molecule is CCC/C=C/C=C/C=C/C=C/C=C/CCCCCC(CC(=O)NC(CO)C(O)CCCCCCCCCCCC)OC(=O)CCCCCCC/C=C/C=C/C=C/CCCCCCC. The molecule has 3 atom stereocenters. The fraction of sp³-hybridized carbons (Fsp3) is 0.684. The fourth-order valence-electron chi connectivity index (χ4n) is 7.34. The number of esters is 1. The first kappa shape index (κ1) is 59.8. The minimum atomic E-state index is -0.808. The molecule has 3 unspecified atom stereocenters. The van der Waals surface area contributed by atoms with Crippen molar-refractivity contribution in [3.05, 3.63) is 97.2 Å². The summed E-state index contributed by atoms with van der Waals surface area (Å²) in [7, 11) is 0. The lowest BCUT2D eigenvalue weighted by atomic mass is 10.0. The molecule has 6 heteroatoms. The van der Waals surface area contributed by atoms with Crippen LogP contribution in [-0.2, 0) is 14.3 Å². The largest absolute Gasteiger partial charge is 0.462 e. The quantitative estimate of drug-likeness (QED) is 0.0322. The molecule has 0 radical (unpaired) electrons. The highest BCUT2D eigenvalue weighted by Crippen LogP contribution is 2.17. The lowest BCUT2D eigenvalue weighted by Gasteiger charge is -2.24. The molecule has 3 N–H and O–H groups in total. The molecular weight excluding hydrogens is 779 g/mol. The average Bonchev–Trinajstić information content (AvgIpc) is 3.28. The predicted molar refractivity (Wildman–Crippen MR) is 273 cm³/mol. The molecule has 0 fully saturated rings. The van der Waals surface area contributed by atoms with E-state index in [1.165, 1.54) is 83.5 Å². The number of aliphatic hydroxyl groups is 2. The monoisotopic (exact) mass is 876 g/mol. The van der Waals surface area contributed by atoms with Gasteiger partial charge in [-0.05, 0) is 70.6 Å². The van der Waals surface area contributed by atoms with Gasteiger partial charge in [0.15, 0.2) is 0 Å². The van der Waals surface area contributed by atoms with E-state index in [0.717, 1.165) is 96.3 Å². The number of hydrogen-bond acceptors (Lipinski definition) is 5. The molecule has 360 valence electrons. The smallest absolute Gasteiger partial charge is 0.306 e. The number of hydrogen-bond donors (Lipinski definition) is 3. The highest BCUT2D eigenvalue weighted by Gasteiger charge is 2.24. The Morgan fingerprint density at radius 1 is 0.460 bits per heavy atom. The van der Waals surface area contributed by atoms with Crippen molar-refractivity contribution in [3.63, 3.8) is 0 Å². The van der Waals surface area contributed by atoms with Crippen molar-refractivity contribution < 1.29 is 24.5 Å². The van der Waals surface area contributed by atoms with Gasteiger partial charge >= 0.3 is 5.97 Å². The van der Waals surface area contributed by atoms with Crippen molar-refractivity contribution in [3.8, 4) is 0 Å². The zero-order chi connectivity index (χ0) is 45.9. The van der Waals surface area contributed by atoms with Crippen LogP contribution in [0.25, 0.3) is 0 Å². The van der Waals surface area contributed by atoms with Crippen LogP contribution in [0, 0.1) is 0 Å². The Hall–Kier alpha value is -3.22. The van der Waals surface area contributed by atoms with Gasteiger partial charge in [0.1, 0.15) is 6.10 Å². The van der Waals surface area contributed by atoms with Crippen LogP contribution in [0.2, 0.25) is 0 Å². The highest BCUT2D eigenvalue weighted by atomic mass is 16.5. The normalized spacial score (nSPS) is 14.0. The van der Waals surface area contributed by atoms with Crippen LogP contribution in [-0.4, -0.2) is 46.9 Å². The summed E-state index contributed by atoms with van der Waals surface area (Å²) >= 11 is 0. The topological polar surface area (TPSA) is 95.9 Å². The van der Waals surface area contributed by atoms with E-state index in [9.17, 15) is 19.8 Å². The Morgan fingerprint density at radius 3 is 1.30 bits per heavy atom. The van der Waals surface area contributed by atoms with Crippen LogP contribution in [0.15, 0.2) is 97.2 Å². The maximum absolute atomic E-state index is 13.2. The fourth-order valence-corrected chi connectivity index (χ4v) is 7.34. The number of carbonyl (C=O) groups is 2. The van der Waals surface area contributed by atoms with Gasteiger partial charge in [-0.3, -0.25) is 9.59 Å². The molecular formula is C57H97NO5. The molecule has 0 aromatic carbocycles. The van der Waals surface area contributed by atoms with E-state index in [-0.39, 0.29) is 24.9 Å². The lowest BCUT2D eigenvalue weighted by Crippen LogP contribution is -2.46. The van der Waals surface area contributed by atoms with Crippen molar-refractivity contribution in [2.24, 2.45) is 0 Å². The van der Waals surface area contributed by atoms with Gasteiger partial charge in [0, 0.05) is 6.42 Å². The van der Waals surface area contributed by atoms with Crippen molar-refractivity contribution >= 4 is 11.9 Å². The molecule has 0 rings (SSSR count). The Labute approximate surface area is 388 Å². The van der Waals surface area contributed by atoms with E-state index >= 15 is 0 Å². The first-order chi connectivity index (χ1) is 31.0. The molecule has 0 bridgehead atoms. The van der Waals surface area contributed by atoms with Gasteiger partial charge in [-0.15, -0.1) is 0 Å². The first-order valence-electron chi connectivity index (χ1n) is 26.1. The summed E-state index contributed by atoms with van der Waals surface area (Å²) in [5.74, 6) is -0.546. The molecule has 63 heavy (non-hydrogen) atoms. The molecule has 0 saturated heterocycles. The summed E-state index contributed by atoms with van der Waals surface area (Å²) < 4.78 is 5.91. The van der Waals surface area contributed by atoms with Gasteiger partial charge in [-0.1, -0.05) is 240 Å². The highest BCUT2D eigenvalue weighted by molar-refractivity contribution is 5.77. The van der Waals surface area contributed by atoms with Crippen molar-refractivity contribution in [1.82, 2.24) is 5.32 Å². The van der Waals surface area contributed by atoms with Crippen LogP contribution in [0.5, 0.6) is 0 Å². The Morgan fingerprint density at radius 2 is 0.841 bits per heavy atom. The van der Waals surface area contributed by atoms with E-state index in [4.69, 9.17) is 4.74 Å². The van der Waals surface area contributed by atoms with Crippen molar-refractivity contribution in [2.45, 2.75) is 244 Å². The van der Waals surface area contributed by atoms with Gasteiger partial charge in [0.25, 0.3) is 0 Å². The summed E-state index contributed by atoms with van der Waals surface area (Å²) in [5.41, 5.74) is 0. The number of allylic oxidation sites excluding steroid dienone is 16. The van der Waals surface area contributed by atoms with Crippen molar-refractivity contribution in [2.75, 3.05) is 6.61 Å². The Bertz CT molecular complexity index is 1260. The standard InChI is InChI=1S/C57H97NO5/c1-4-7-10-13-16-19-22-24-26-28-29-31-33-35-38-41-44-47-50-57(62)63-53(48-45-42-39-36-34-32-30-27-25-23-20-17-14-11-8-5-2)51-56(61)58-54(52-59)55(60)49-46-43-40-37-21-18-15-12-9-6-3/h11,14,17,20,22-32,34,53-55,59-60H,4-10,12-13,15-16,18-19,21,33,35-52H2,1-3H3,(H,58,61)/b14-11+,20-17+,24-22+,25-23+,28-26+,30-27+,31-29+,34-32+. The van der Waals surface area contributed by atoms with Crippen molar-refractivity contribution in [1.29, 1.82) is 0 Å². The van der Waals surface area contributed by atoms with Gasteiger partial charge in [-0.25, -0.2) is 0 Å². The second-order valence-electron chi connectivity index (χ2n) is 17.4. The number of aliphatic hydroxyl groups excluding tert-OH is 2. The molecule has 0 aliphatic heterocycles. The predicted octanol–water partition coefficient (Wildman–Crippen LogP) is 15.7. The van der Waals surface area contributed by atoms with Gasteiger partial charge < -0.3 is 20.3 Å². The summed E-state index contributed by atoms with van der Waals surface area (Å²) in [6.45, 7) is 6.34. The zero-order valence-corrected chi connectivity index (χ0v) is 40.9. The van der Waals surface area contributed by atoms with Crippen LogP contribution >= 0.6 is 0 Å². The molecule has 6 nitrogen and oxygen atoms in total. The molecule has 0 spiro atoms. The van der Waals surface area contributed by atoms with Gasteiger partial charge in [0.2, 0.25) is 5.91 Å². The average molecular weight is 876 g/mol. The minimum absolute atomic E-state index is 0.0355. The van der Waals surface area contributed by atoms with Gasteiger partial charge in [0.05, 0.1) is 25.2 Å². The molecule has 0 aromatic heterocycles. The second-order valence-corrected chi connectivity index (χ2v) is 17.4. The number of unbranched alkanes of at least 4 members (excludes halogenated alkanes) is 23. The molecule has 1 amide bonds. The molecule has 0 aliphatic rings. The summed E-state index contributed by atoms with van der Waals surface area (Å²) in [5, 5.41) is 23.7. The number of rotatable bonds is 45. The van der Waals surface area contributed by atoms with E-state index in [1.807, 2.05) is 36.5 Å². The third-order valence-corrected chi connectivity index (χ3v) is 11.3. The number of nitrogens with one attached hydrogen (secondary N) is 1. The maximum Gasteiger partial charge on any atom is 0.306 e. The lowest BCUT2D eigenvalue weighted by molar-refractivity contribution is -0.151. The van der Waals surface area contributed by atoms with E-state index in [1.54, 1.807) is 0 Å². The number of amides is 1. The Balaban J connectivity index is 4.74. The van der Waals surface area contributed by atoms with Crippen LogP contribution in [0.3, 0.4) is 0 Å². The summed E-state index contributed by atoms with van der Waals surface area (Å²) in [6.07, 6.45) is 66.0. The van der Waals surface area contributed by atoms with Crippen LogP contribution in [0.1, 0.15) is 226 Å². The maximum atomic E-state index is 13.2. The van der Waals surface area contributed by atoms with E-state index in [2.05, 4.69) is 86.8 Å². The minimum Gasteiger partial charge on any atom is -0.462 e. The van der Waals surface area contributed by atoms with Crippen LogP contribution < -0.4 is 5.32 Å². The third kappa shape index (κ3) is 45.2. The number of ether oxygens (including phenoxy) is 1. The second kappa shape index (κ2) is 49.8. The van der Waals surface area contributed by atoms with E-state index in [0.29, 0.717) is 19.3 Å². The Kier molecular flexibility index (Phi) is 47.2. The van der Waals surface area contributed by atoms with Crippen LogP contribution in [0.4, 0.5) is 0 Å². The third-order valence-electron chi connectivity index (χ3n) is 11.3. The molecule has 0 heterocycles. The molecule has 0 aromatic rings. The number of carbonyl (C=O) groups excluding carboxylic acids is 2. The van der Waals surface area contributed by atoms with Gasteiger partial charge in [-0.2, -0.15) is 0 Å².